The van der Waals surface area contributed by atoms with E-state index in [1.807, 2.05) is 45.0 Å². The number of rotatable bonds is 11. The van der Waals surface area contributed by atoms with E-state index in [2.05, 4.69) is 6.92 Å². The molecule has 0 N–H and O–H groups in total. The highest BCUT2D eigenvalue weighted by Crippen LogP contribution is 2.29. The van der Waals surface area contributed by atoms with Crippen molar-refractivity contribution in [3.8, 4) is 0 Å². The van der Waals surface area contributed by atoms with Gasteiger partial charge in [-0.1, -0.05) is 51.3 Å². The van der Waals surface area contributed by atoms with Crippen LogP contribution in [0.3, 0.4) is 0 Å². The summed E-state index contributed by atoms with van der Waals surface area (Å²) in [6, 6.07) is 0. The van der Waals surface area contributed by atoms with Crippen LogP contribution >= 0.6 is 0 Å². The van der Waals surface area contributed by atoms with Gasteiger partial charge in [0.15, 0.2) is 5.78 Å². The standard InChI is InChI=1S/C21H34N2O3/c1-6-7-9-12-17(2)21(3,22(4)5)20(26)23(16-24)15-19(25)18-13-10-8-11-14-18/h10,13-14,16-17H,6-9,11-12,15H2,1-5H3. The lowest BCUT2D eigenvalue weighted by Gasteiger charge is -2.42. The van der Waals surface area contributed by atoms with Crippen LogP contribution in [-0.2, 0) is 14.4 Å². The highest BCUT2D eigenvalue weighted by atomic mass is 16.2. The fourth-order valence-electron chi connectivity index (χ4n) is 3.34. The van der Waals surface area contributed by atoms with Crippen molar-refractivity contribution in [2.24, 2.45) is 5.92 Å². The fourth-order valence-corrected chi connectivity index (χ4v) is 3.34. The predicted octanol–water partition coefficient (Wildman–Crippen LogP) is 3.35. The molecule has 0 aliphatic heterocycles. The average Bonchev–Trinajstić information content (AvgIpc) is 2.65. The van der Waals surface area contributed by atoms with Crippen LogP contribution < -0.4 is 0 Å². The lowest BCUT2D eigenvalue weighted by molar-refractivity contribution is -0.151. The molecule has 0 radical (unpaired) electrons. The Hall–Kier alpha value is -1.75. The second-order valence-electron chi connectivity index (χ2n) is 7.54. The molecule has 26 heavy (non-hydrogen) atoms. The number of unbranched alkanes of at least 4 members (excludes halogenated alkanes) is 2. The largest absolute Gasteiger partial charge is 0.296 e. The van der Waals surface area contributed by atoms with Crippen LogP contribution in [0.25, 0.3) is 0 Å². The SMILES string of the molecule is CCCCCC(C)C(C)(C(=O)N(C=O)CC(=O)C1=CCCC=C1)N(C)C. The van der Waals surface area contributed by atoms with Crippen LogP contribution in [-0.4, -0.2) is 54.1 Å². The fraction of sp³-hybridized carbons (Fsp3) is 0.667. The second kappa shape index (κ2) is 10.4. The first kappa shape index (κ1) is 22.3. The summed E-state index contributed by atoms with van der Waals surface area (Å²) in [4.78, 5) is 40.2. The number of allylic oxidation sites excluding steroid dienone is 3. The number of ketones is 1. The van der Waals surface area contributed by atoms with E-state index in [-0.39, 0.29) is 24.2 Å². The minimum absolute atomic E-state index is 0.0721. The molecule has 0 fully saturated rings. The third-order valence-corrected chi connectivity index (χ3v) is 5.58. The maximum atomic E-state index is 13.2. The van der Waals surface area contributed by atoms with Crippen molar-refractivity contribution in [3.05, 3.63) is 23.8 Å². The molecule has 1 aliphatic carbocycles. The molecule has 0 saturated heterocycles. The Morgan fingerprint density at radius 2 is 1.96 bits per heavy atom. The molecule has 5 nitrogen and oxygen atoms in total. The summed E-state index contributed by atoms with van der Waals surface area (Å²) < 4.78 is 0. The second-order valence-corrected chi connectivity index (χ2v) is 7.54. The Labute approximate surface area is 158 Å². The number of Topliss-reactive ketones (excluding diaryl/α,β-unsaturated/α-hetero) is 1. The summed E-state index contributed by atoms with van der Waals surface area (Å²) in [6.45, 7) is 5.86. The summed E-state index contributed by atoms with van der Waals surface area (Å²) in [7, 11) is 3.71. The zero-order chi connectivity index (χ0) is 19.7. The lowest BCUT2D eigenvalue weighted by atomic mass is 9.81. The molecule has 0 aromatic carbocycles. The molecule has 0 bridgehead atoms. The van der Waals surface area contributed by atoms with Gasteiger partial charge in [-0.25, -0.2) is 0 Å². The molecule has 5 heteroatoms. The van der Waals surface area contributed by atoms with Crippen molar-refractivity contribution in [1.29, 1.82) is 0 Å². The van der Waals surface area contributed by atoms with Gasteiger partial charge in [0.25, 0.3) is 0 Å². The van der Waals surface area contributed by atoms with Gasteiger partial charge in [-0.05, 0) is 46.2 Å². The topological polar surface area (TPSA) is 57.7 Å². The van der Waals surface area contributed by atoms with E-state index in [0.717, 1.165) is 43.4 Å². The summed E-state index contributed by atoms with van der Waals surface area (Å²) in [5.74, 6) is -0.431. The van der Waals surface area contributed by atoms with Crippen LogP contribution in [0.5, 0.6) is 0 Å². The summed E-state index contributed by atoms with van der Waals surface area (Å²) in [6.07, 6.45) is 12.0. The smallest absolute Gasteiger partial charge is 0.249 e. The van der Waals surface area contributed by atoms with Gasteiger partial charge in [0.1, 0.15) is 5.54 Å². The molecule has 0 heterocycles. The minimum atomic E-state index is -0.828. The van der Waals surface area contributed by atoms with Gasteiger partial charge in [-0.2, -0.15) is 0 Å². The van der Waals surface area contributed by atoms with Crippen molar-refractivity contribution in [3.63, 3.8) is 0 Å². The van der Waals surface area contributed by atoms with Crippen LogP contribution in [0, 0.1) is 5.92 Å². The number of carbonyl (C=O) groups is 3. The summed E-state index contributed by atoms with van der Waals surface area (Å²) in [5.41, 5.74) is -0.246. The van der Waals surface area contributed by atoms with Crippen molar-refractivity contribution in [2.45, 2.75) is 64.8 Å². The van der Waals surface area contributed by atoms with E-state index in [1.54, 1.807) is 6.08 Å². The van der Waals surface area contributed by atoms with Gasteiger partial charge >= 0.3 is 0 Å². The predicted molar refractivity (Wildman–Crippen MR) is 105 cm³/mol. The summed E-state index contributed by atoms with van der Waals surface area (Å²) in [5, 5.41) is 0. The Morgan fingerprint density at radius 3 is 2.46 bits per heavy atom. The average molecular weight is 363 g/mol. The van der Waals surface area contributed by atoms with Crippen LogP contribution in [0.1, 0.15) is 59.3 Å². The number of hydrogen-bond donors (Lipinski definition) is 0. The zero-order valence-corrected chi connectivity index (χ0v) is 17.0. The summed E-state index contributed by atoms with van der Waals surface area (Å²) >= 11 is 0. The Morgan fingerprint density at radius 1 is 1.27 bits per heavy atom. The van der Waals surface area contributed by atoms with Crippen molar-refractivity contribution in [1.82, 2.24) is 9.80 Å². The first-order chi connectivity index (χ1) is 12.3. The van der Waals surface area contributed by atoms with E-state index in [9.17, 15) is 14.4 Å². The number of nitrogens with zero attached hydrogens (tertiary/aromatic N) is 2. The van der Waals surface area contributed by atoms with Gasteiger partial charge < -0.3 is 0 Å². The molecule has 146 valence electrons. The van der Waals surface area contributed by atoms with E-state index >= 15 is 0 Å². The minimum Gasteiger partial charge on any atom is -0.296 e. The van der Waals surface area contributed by atoms with Crippen LogP contribution in [0.15, 0.2) is 23.8 Å². The van der Waals surface area contributed by atoms with Gasteiger partial charge in [-0.3, -0.25) is 24.2 Å². The van der Waals surface area contributed by atoms with Gasteiger partial charge in [0.05, 0.1) is 6.54 Å². The first-order valence-corrected chi connectivity index (χ1v) is 9.62. The monoisotopic (exact) mass is 362 g/mol. The van der Waals surface area contributed by atoms with E-state index in [1.165, 1.54) is 0 Å². The number of likely N-dealkylation sites (N-methyl/N-ethyl adjacent to an activating group) is 1. The van der Waals surface area contributed by atoms with Crippen LogP contribution in [0.4, 0.5) is 0 Å². The maximum absolute atomic E-state index is 13.2. The van der Waals surface area contributed by atoms with Gasteiger partial charge in [0, 0.05) is 5.57 Å². The molecule has 1 rings (SSSR count). The van der Waals surface area contributed by atoms with Crippen molar-refractivity contribution < 1.29 is 14.4 Å². The normalized spacial score (nSPS) is 17.4. The van der Waals surface area contributed by atoms with Gasteiger partial charge in [-0.15, -0.1) is 0 Å². The molecule has 1 aliphatic rings. The molecule has 0 aromatic rings. The maximum Gasteiger partial charge on any atom is 0.249 e. The third-order valence-electron chi connectivity index (χ3n) is 5.58. The molecular formula is C21H34N2O3. The van der Waals surface area contributed by atoms with Gasteiger partial charge in [0.2, 0.25) is 12.3 Å². The van der Waals surface area contributed by atoms with Crippen LogP contribution in [0.2, 0.25) is 0 Å². The van der Waals surface area contributed by atoms with E-state index < -0.39 is 5.54 Å². The number of imide groups is 1. The zero-order valence-electron chi connectivity index (χ0n) is 17.0. The first-order valence-electron chi connectivity index (χ1n) is 9.62. The molecule has 0 aromatic heterocycles. The molecule has 0 saturated carbocycles. The quantitative estimate of drug-likeness (QED) is 0.418. The highest BCUT2D eigenvalue weighted by Gasteiger charge is 2.43. The lowest BCUT2D eigenvalue weighted by Crippen LogP contribution is -2.59. The number of amides is 2. The van der Waals surface area contributed by atoms with Crippen molar-refractivity contribution >= 4 is 18.1 Å². The number of carbonyl (C=O) groups excluding carboxylic acids is 3. The third kappa shape index (κ3) is 5.37. The Balaban J connectivity index is 2.92. The number of hydrogen-bond acceptors (Lipinski definition) is 4. The van der Waals surface area contributed by atoms with E-state index in [4.69, 9.17) is 0 Å². The Bertz CT molecular complexity index is 566. The molecule has 2 amide bonds. The molecule has 2 atom stereocenters. The van der Waals surface area contributed by atoms with E-state index in [0.29, 0.717) is 12.0 Å². The molecule has 2 unspecified atom stereocenters. The Kier molecular flexibility index (Phi) is 8.93. The molecule has 0 spiro atoms. The highest BCUT2D eigenvalue weighted by molar-refractivity contribution is 6.04. The van der Waals surface area contributed by atoms with Crippen molar-refractivity contribution in [2.75, 3.05) is 20.6 Å². The molecular weight excluding hydrogens is 328 g/mol.